The van der Waals surface area contributed by atoms with Crippen molar-refractivity contribution in [2.75, 3.05) is 20.1 Å². The number of likely N-dealkylation sites (tertiary alicyclic amines) is 1. The molecule has 28 heavy (non-hydrogen) atoms. The Morgan fingerprint density at radius 3 is 2.43 bits per heavy atom. The summed E-state index contributed by atoms with van der Waals surface area (Å²) in [7, 11) is 1.74. The number of carbonyl (C=O) groups excluding carboxylic acids is 2. The van der Waals surface area contributed by atoms with Gasteiger partial charge in [-0.15, -0.1) is 0 Å². The third-order valence-electron chi connectivity index (χ3n) is 6.34. The maximum atomic E-state index is 12.7. The van der Waals surface area contributed by atoms with E-state index >= 15 is 0 Å². The number of aliphatic imine (C=N–C) groups is 1. The second-order valence-electron chi connectivity index (χ2n) is 7.96. The van der Waals surface area contributed by atoms with E-state index in [1.807, 2.05) is 12.1 Å². The van der Waals surface area contributed by atoms with E-state index in [1.54, 1.807) is 7.05 Å². The fraction of sp³-hybridized carbons (Fsp3) is 0.500. The van der Waals surface area contributed by atoms with E-state index in [4.69, 9.17) is 0 Å². The molecule has 3 aliphatic rings. The number of hydrogen-bond donors (Lipinski definition) is 2. The van der Waals surface area contributed by atoms with Crippen molar-refractivity contribution in [2.24, 2.45) is 28.7 Å². The highest BCUT2D eigenvalue weighted by molar-refractivity contribution is 6.06. The molecule has 1 heterocycles. The number of fused-ring (bicyclic) bond motifs is 5. The summed E-state index contributed by atoms with van der Waals surface area (Å²) in [6, 6.07) is 8.25. The number of imide groups is 1. The van der Waals surface area contributed by atoms with Gasteiger partial charge in [0.05, 0.1) is 11.8 Å². The van der Waals surface area contributed by atoms with E-state index in [0.29, 0.717) is 26.1 Å². The van der Waals surface area contributed by atoms with Crippen molar-refractivity contribution in [2.45, 2.75) is 26.3 Å². The lowest BCUT2D eigenvalue weighted by Crippen LogP contribution is -2.39. The molecule has 2 fully saturated rings. The Labute approximate surface area is 166 Å². The summed E-state index contributed by atoms with van der Waals surface area (Å²) in [5.74, 6) is 1.15. The second kappa shape index (κ2) is 7.78. The predicted molar refractivity (Wildman–Crippen MR) is 108 cm³/mol. The first-order valence-electron chi connectivity index (χ1n) is 10.1. The van der Waals surface area contributed by atoms with Crippen LogP contribution >= 0.6 is 0 Å². The highest BCUT2D eigenvalue weighted by Crippen LogP contribution is 2.52. The van der Waals surface area contributed by atoms with Gasteiger partial charge in [0.1, 0.15) is 0 Å². The normalized spacial score (nSPS) is 28.2. The van der Waals surface area contributed by atoms with E-state index in [2.05, 4.69) is 46.8 Å². The summed E-state index contributed by atoms with van der Waals surface area (Å²) in [6.45, 7) is 3.93. The van der Waals surface area contributed by atoms with Crippen LogP contribution in [0.4, 0.5) is 0 Å². The van der Waals surface area contributed by atoms with Crippen molar-refractivity contribution >= 4 is 17.8 Å². The molecular weight excluding hydrogens is 352 g/mol. The molecule has 2 bridgehead atoms. The van der Waals surface area contributed by atoms with Crippen molar-refractivity contribution in [3.63, 3.8) is 0 Å². The number of hydrogen-bond acceptors (Lipinski definition) is 3. The maximum Gasteiger partial charge on any atom is 0.233 e. The zero-order chi connectivity index (χ0) is 19.7. The molecule has 1 saturated heterocycles. The molecule has 2 N–H and O–H groups in total. The van der Waals surface area contributed by atoms with Crippen LogP contribution in [0.2, 0.25) is 0 Å². The first-order valence-corrected chi connectivity index (χ1v) is 10.1. The maximum absolute atomic E-state index is 12.7. The number of guanidine groups is 1. The lowest BCUT2D eigenvalue weighted by molar-refractivity contribution is -0.140. The van der Waals surface area contributed by atoms with Crippen molar-refractivity contribution in [3.05, 3.63) is 47.5 Å². The van der Waals surface area contributed by atoms with E-state index in [9.17, 15) is 9.59 Å². The van der Waals surface area contributed by atoms with Crippen LogP contribution in [0.1, 0.15) is 24.0 Å². The van der Waals surface area contributed by atoms with Gasteiger partial charge in [-0.05, 0) is 42.7 Å². The van der Waals surface area contributed by atoms with Crippen molar-refractivity contribution in [1.29, 1.82) is 0 Å². The van der Waals surface area contributed by atoms with Crippen molar-refractivity contribution in [1.82, 2.24) is 15.5 Å². The molecule has 0 aromatic heterocycles. The highest BCUT2D eigenvalue weighted by Gasteiger charge is 2.58. The van der Waals surface area contributed by atoms with Crippen LogP contribution in [0.5, 0.6) is 0 Å². The quantitative estimate of drug-likeness (QED) is 0.260. The zero-order valence-electron chi connectivity index (χ0n) is 16.5. The SMILES string of the molecule is CN=C(NCCCN1C(=O)C2C3C=CC(C3)C2C1=O)NCc1ccccc1C. The van der Waals surface area contributed by atoms with Gasteiger partial charge >= 0.3 is 0 Å². The number of carbonyl (C=O) groups is 2. The van der Waals surface area contributed by atoms with Gasteiger partial charge in [0, 0.05) is 26.7 Å². The second-order valence-corrected chi connectivity index (χ2v) is 7.96. The molecule has 0 radical (unpaired) electrons. The fourth-order valence-corrected chi connectivity index (χ4v) is 4.84. The Kier molecular flexibility index (Phi) is 5.20. The van der Waals surface area contributed by atoms with Crippen LogP contribution in [-0.2, 0) is 16.1 Å². The first kappa shape index (κ1) is 18.7. The van der Waals surface area contributed by atoms with E-state index in [1.165, 1.54) is 16.0 Å². The molecule has 4 rings (SSSR count). The summed E-state index contributed by atoms with van der Waals surface area (Å²) in [5.41, 5.74) is 2.47. The number of amides is 2. The smallest absolute Gasteiger partial charge is 0.233 e. The van der Waals surface area contributed by atoms with Gasteiger partial charge < -0.3 is 10.6 Å². The van der Waals surface area contributed by atoms with Crippen LogP contribution in [0.15, 0.2) is 41.4 Å². The van der Waals surface area contributed by atoms with Crippen LogP contribution < -0.4 is 10.6 Å². The van der Waals surface area contributed by atoms with Gasteiger partial charge in [-0.2, -0.15) is 0 Å². The number of allylic oxidation sites excluding steroid dienone is 2. The Bertz CT molecular complexity index is 802. The summed E-state index contributed by atoms with van der Waals surface area (Å²) >= 11 is 0. The molecule has 6 nitrogen and oxygen atoms in total. The minimum Gasteiger partial charge on any atom is -0.356 e. The third kappa shape index (κ3) is 3.32. The summed E-state index contributed by atoms with van der Waals surface area (Å²) in [4.78, 5) is 31.1. The summed E-state index contributed by atoms with van der Waals surface area (Å²) in [5, 5.41) is 6.58. The lowest BCUT2D eigenvalue weighted by Gasteiger charge is -2.18. The van der Waals surface area contributed by atoms with Crippen LogP contribution in [0.3, 0.4) is 0 Å². The Morgan fingerprint density at radius 1 is 1.11 bits per heavy atom. The topological polar surface area (TPSA) is 73.8 Å². The predicted octanol–water partition coefficient (Wildman–Crippen LogP) is 1.86. The van der Waals surface area contributed by atoms with Gasteiger partial charge in [0.15, 0.2) is 5.96 Å². The minimum atomic E-state index is -0.0981. The Balaban J connectivity index is 1.23. The highest BCUT2D eigenvalue weighted by atomic mass is 16.2. The van der Waals surface area contributed by atoms with E-state index in [0.717, 1.165) is 12.4 Å². The number of nitrogens with one attached hydrogen (secondary N) is 2. The van der Waals surface area contributed by atoms with Crippen LogP contribution in [0, 0.1) is 30.6 Å². The van der Waals surface area contributed by atoms with E-state index in [-0.39, 0.29) is 35.5 Å². The van der Waals surface area contributed by atoms with Gasteiger partial charge in [-0.3, -0.25) is 19.5 Å². The van der Waals surface area contributed by atoms with Crippen LogP contribution in [0.25, 0.3) is 0 Å². The molecule has 2 amide bonds. The summed E-state index contributed by atoms with van der Waals surface area (Å²) < 4.78 is 0. The third-order valence-corrected chi connectivity index (χ3v) is 6.34. The molecule has 4 unspecified atom stereocenters. The molecule has 2 aliphatic carbocycles. The molecule has 6 heteroatoms. The Morgan fingerprint density at radius 2 is 1.79 bits per heavy atom. The Hall–Kier alpha value is -2.63. The molecular formula is C22H28N4O2. The standard InChI is InChI=1S/C22H28N4O2/c1-14-6-3-4-7-17(14)13-25-22(23-2)24-10-5-11-26-20(27)18-15-8-9-16(12-15)19(18)21(26)28/h3-4,6-9,15-16,18-19H,5,10-13H2,1-2H3,(H2,23,24,25). The zero-order valence-corrected chi connectivity index (χ0v) is 16.5. The lowest BCUT2D eigenvalue weighted by atomic mass is 9.85. The number of nitrogens with zero attached hydrogens (tertiary/aromatic N) is 2. The monoisotopic (exact) mass is 380 g/mol. The summed E-state index contributed by atoms with van der Waals surface area (Å²) in [6.07, 6.45) is 5.95. The molecule has 1 aromatic carbocycles. The number of rotatable bonds is 6. The average Bonchev–Trinajstić information content (AvgIpc) is 3.37. The molecule has 148 valence electrons. The van der Waals surface area contributed by atoms with Gasteiger partial charge in [-0.25, -0.2) is 0 Å². The largest absolute Gasteiger partial charge is 0.356 e. The molecule has 0 spiro atoms. The first-order chi connectivity index (χ1) is 13.6. The van der Waals surface area contributed by atoms with Crippen molar-refractivity contribution < 1.29 is 9.59 Å². The molecule has 1 aromatic rings. The minimum absolute atomic E-state index is 0.0360. The van der Waals surface area contributed by atoms with Crippen molar-refractivity contribution in [3.8, 4) is 0 Å². The van der Waals surface area contributed by atoms with E-state index < -0.39 is 0 Å². The van der Waals surface area contributed by atoms with Gasteiger partial charge in [0.25, 0.3) is 0 Å². The average molecular weight is 380 g/mol. The molecule has 1 aliphatic heterocycles. The fourth-order valence-electron chi connectivity index (χ4n) is 4.84. The number of aryl methyl sites for hydroxylation is 1. The van der Waals surface area contributed by atoms with Gasteiger partial charge in [-0.1, -0.05) is 36.4 Å². The molecule has 1 saturated carbocycles. The molecule has 4 atom stereocenters. The van der Waals surface area contributed by atoms with Crippen LogP contribution in [-0.4, -0.2) is 42.8 Å². The number of benzene rings is 1. The van der Waals surface area contributed by atoms with Gasteiger partial charge in [0.2, 0.25) is 11.8 Å².